The fraction of sp³-hybridized carbons (Fsp3) is 0.333. The zero-order valence-corrected chi connectivity index (χ0v) is 12.1. The van der Waals surface area contributed by atoms with E-state index in [1.807, 2.05) is 0 Å². The summed E-state index contributed by atoms with van der Waals surface area (Å²) < 4.78 is 10.6. The number of H-pyrrole nitrogens is 1. The molecule has 116 valence electrons. The second kappa shape index (κ2) is 6.07. The number of aromatic hydroxyl groups is 1. The lowest BCUT2D eigenvalue weighted by molar-refractivity contribution is 0.102. The molecule has 1 aromatic heterocycles. The Morgan fingerprint density at radius 1 is 1.50 bits per heavy atom. The molecule has 22 heavy (non-hydrogen) atoms. The van der Waals surface area contributed by atoms with Crippen LogP contribution in [0.3, 0.4) is 0 Å². The highest BCUT2D eigenvalue weighted by atomic mass is 16.5. The zero-order chi connectivity index (χ0) is 15.5. The predicted molar refractivity (Wildman–Crippen MR) is 79.1 cm³/mol. The maximum absolute atomic E-state index is 12.2. The molecule has 2 heterocycles. The van der Waals surface area contributed by atoms with Crippen molar-refractivity contribution in [2.24, 2.45) is 0 Å². The number of carbonyl (C=O) groups excluding carboxylic acids is 1. The van der Waals surface area contributed by atoms with Crippen LogP contribution < -0.4 is 10.1 Å². The van der Waals surface area contributed by atoms with Gasteiger partial charge in [-0.1, -0.05) is 0 Å². The van der Waals surface area contributed by atoms with Gasteiger partial charge in [0.25, 0.3) is 5.91 Å². The molecule has 0 spiro atoms. The lowest BCUT2D eigenvalue weighted by atomic mass is 10.1. The molecule has 0 saturated carbocycles. The molecule has 0 aliphatic carbocycles. The predicted octanol–water partition coefficient (Wildman–Crippen LogP) is 2.23. The molecule has 2 aromatic rings. The van der Waals surface area contributed by atoms with Crippen LogP contribution in [0.4, 0.5) is 5.82 Å². The van der Waals surface area contributed by atoms with Gasteiger partial charge in [0.2, 0.25) is 0 Å². The minimum absolute atomic E-state index is 0.00312. The molecule has 3 rings (SSSR count). The Bertz CT molecular complexity index is 677. The van der Waals surface area contributed by atoms with Gasteiger partial charge >= 0.3 is 0 Å². The molecule has 1 aliphatic rings. The molecular weight excluding hydrogens is 286 g/mol. The Hall–Kier alpha value is -2.54. The Kier molecular flexibility index (Phi) is 3.97. The number of rotatable bonds is 4. The van der Waals surface area contributed by atoms with E-state index in [0.717, 1.165) is 25.1 Å². The summed E-state index contributed by atoms with van der Waals surface area (Å²) in [6.45, 7) is 0.739. The van der Waals surface area contributed by atoms with Crippen molar-refractivity contribution in [2.45, 2.75) is 18.9 Å². The maximum Gasteiger partial charge on any atom is 0.260 e. The van der Waals surface area contributed by atoms with Crippen molar-refractivity contribution in [3.05, 3.63) is 35.5 Å². The molecule has 1 saturated heterocycles. The number of ether oxygens (including phenoxy) is 2. The van der Waals surface area contributed by atoms with E-state index >= 15 is 0 Å². The monoisotopic (exact) mass is 303 g/mol. The highest BCUT2D eigenvalue weighted by Crippen LogP contribution is 2.28. The van der Waals surface area contributed by atoms with Crippen LogP contribution in [0.5, 0.6) is 11.5 Å². The first-order chi connectivity index (χ1) is 10.7. The van der Waals surface area contributed by atoms with Gasteiger partial charge in [0.05, 0.1) is 24.5 Å². The van der Waals surface area contributed by atoms with Gasteiger partial charge in [0.15, 0.2) is 5.82 Å². The molecular formula is C15H17N3O4. The molecule has 7 nitrogen and oxygen atoms in total. The molecule has 1 aliphatic heterocycles. The highest BCUT2D eigenvalue weighted by molar-refractivity contribution is 6.05. The number of phenolic OH excluding ortho intramolecular Hbond substituents is 1. The van der Waals surface area contributed by atoms with Gasteiger partial charge < -0.3 is 19.9 Å². The van der Waals surface area contributed by atoms with Gasteiger partial charge in [-0.05, 0) is 31.0 Å². The molecule has 0 radical (unpaired) electrons. The SMILES string of the molecule is COc1ccc(O)c(C(=O)Nc2cc([C@H]3CCCO3)[nH]n2)c1. The lowest BCUT2D eigenvalue weighted by Gasteiger charge is -2.07. The third kappa shape index (κ3) is 2.89. The average Bonchev–Trinajstić information content (AvgIpc) is 3.18. The molecule has 1 amide bonds. The summed E-state index contributed by atoms with van der Waals surface area (Å²) >= 11 is 0. The number of benzene rings is 1. The molecule has 1 aromatic carbocycles. The van der Waals surface area contributed by atoms with Crippen LogP contribution in [0.25, 0.3) is 0 Å². The van der Waals surface area contributed by atoms with Crippen molar-refractivity contribution in [3.8, 4) is 11.5 Å². The number of hydrogen-bond donors (Lipinski definition) is 3. The fourth-order valence-electron chi connectivity index (χ4n) is 2.40. The Morgan fingerprint density at radius 2 is 2.36 bits per heavy atom. The van der Waals surface area contributed by atoms with E-state index in [1.54, 1.807) is 12.1 Å². The van der Waals surface area contributed by atoms with Crippen LogP contribution in [0.1, 0.15) is 35.0 Å². The lowest BCUT2D eigenvalue weighted by Crippen LogP contribution is -2.12. The summed E-state index contributed by atoms with van der Waals surface area (Å²) in [5.74, 6) is 0.303. The van der Waals surface area contributed by atoms with Gasteiger partial charge in [0, 0.05) is 12.7 Å². The molecule has 1 fully saturated rings. The van der Waals surface area contributed by atoms with E-state index in [-0.39, 0.29) is 17.4 Å². The third-order valence-electron chi connectivity index (χ3n) is 3.56. The second-order valence-electron chi connectivity index (χ2n) is 5.05. The number of aromatic nitrogens is 2. The van der Waals surface area contributed by atoms with E-state index in [1.165, 1.54) is 19.2 Å². The van der Waals surface area contributed by atoms with Crippen LogP contribution in [0, 0.1) is 0 Å². The van der Waals surface area contributed by atoms with E-state index in [2.05, 4.69) is 15.5 Å². The Morgan fingerprint density at radius 3 is 3.09 bits per heavy atom. The summed E-state index contributed by atoms with van der Waals surface area (Å²) in [5.41, 5.74) is 0.962. The summed E-state index contributed by atoms with van der Waals surface area (Å²) in [6.07, 6.45) is 1.96. The van der Waals surface area contributed by atoms with Gasteiger partial charge in [-0.2, -0.15) is 5.10 Å². The maximum atomic E-state index is 12.2. The number of anilines is 1. The van der Waals surface area contributed by atoms with Crippen LogP contribution in [-0.2, 0) is 4.74 Å². The quantitative estimate of drug-likeness (QED) is 0.805. The van der Waals surface area contributed by atoms with Crippen molar-refractivity contribution >= 4 is 11.7 Å². The number of hydrogen-bond acceptors (Lipinski definition) is 5. The normalized spacial score (nSPS) is 17.4. The van der Waals surface area contributed by atoms with Crippen molar-refractivity contribution < 1.29 is 19.4 Å². The average molecular weight is 303 g/mol. The number of nitrogens with zero attached hydrogens (tertiary/aromatic N) is 1. The summed E-state index contributed by atoms with van der Waals surface area (Å²) in [5, 5.41) is 19.3. The minimum Gasteiger partial charge on any atom is -0.507 e. The molecule has 7 heteroatoms. The minimum atomic E-state index is -0.457. The molecule has 0 unspecified atom stereocenters. The number of amides is 1. The largest absolute Gasteiger partial charge is 0.507 e. The Labute approximate surface area is 127 Å². The van der Waals surface area contributed by atoms with Gasteiger partial charge in [-0.25, -0.2) is 0 Å². The van der Waals surface area contributed by atoms with Crippen LogP contribution >= 0.6 is 0 Å². The number of carbonyl (C=O) groups is 1. The topological polar surface area (TPSA) is 96.5 Å². The smallest absolute Gasteiger partial charge is 0.260 e. The highest BCUT2D eigenvalue weighted by Gasteiger charge is 2.21. The van der Waals surface area contributed by atoms with E-state index < -0.39 is 5.91 Å². The van der Waals surface area contributed by atoms with Crippen molar-refractivity contribution in [1.29, 1.82) is 0 Å². The number of phenols is 1. The zero-order valence-electron chi connectivity index (χ0n) is 12.1. The van der Waals surface area contributed by atoms with E-state index in [4.69, 9.17) is 9.47 Å². The third-order valence-corrected chi connectivity index (χ3v) is 3.56. The Balaban J connectivity index is 1.74. The second-order valence-corrected chi connectivity index (χ2v) is 5.05. The first kappa shape index (κ1) is 14.4. The number of nitrogens with one attached hydrogen (secondary N) is 2. The van der Waals surface area contributed by atoms with Gasteiger partial charge in [-0.3, -0.25) is 9.89 Å². The van der Waals surface area contributed by atoms with E-state index in [0.29, 0.717) is 11.6 Å². The van der Waals surface area contributed by atoms with E-state index in [9.17, 15) is 9.90 Å². The summed E-state index contributed by atoms with van der Waals surface area (Å²) in [4.78, 5) is 12.2. The van der Waals surface area contributed by atoms with Crippen molar-refractivity contribution in [2.75, 3.05) is 19.0 Å². The van der Waals surface area contributed by atoms with Gasteiger partial charge in [0.1, 0.15) is 11.5 Å². The number of methoxy groups -OCH3 is 1. The van der Waals surface area contributed by atoms with Crippen molar-refractivity contribution in [3.63, 3.8) is 0 Å². The summed E-state index contributed by atoms with van der Waals surface area (Å²) in [7, 11) is 1.50. The van der Waals surface area contributed by atoms with Crippen LogP contribution in [0.2, 0.25) is 0 Å². The molecule has 3 N–H and O–H groups in total. The first-order valence-electron chi connectivity index (χ1n) is 7.02. The van der Waals surface area contributed by atoms with Crippen molar-refractivity contribution in [1.82, 2.24) is 10.2 Å². The first-order valence-corrected chi connectivity index (χ1v) is 7.02. The number of aromatic amines is 1. The van der Waals surface area contributed by atoms with Crippen LogP contribution in [-0.4, -0.2) is 34.9 Å². The fourth-order valence-corrected chi connectivity index (χ4v) is 2.40. The van der Waals surface area contributed by atoms with Gasteiger partial charge in [-0.15, -0.1) is 0 Å². The summed E-state index contributed by atoms with van der Waals surface area (Å²) in [6, 6.07) is 6.20. The standard InChI is InChI=1S/C15H17N3O4/c1-21-9-4-5-12(19)10(7-9)15(20)16-14-8-11(17-18-14)13-3-2-6-22-13/h4-5,7-8,13,19H,2-3,6H2,1H3,(H2,16,17,18,20)/t13-/m1/s1. The molecule has 1 atom stereocenters. The van der Waals surface area contributed by atoms with Crippen LogP contribution in [0.15, 0.2) is 24.3 Å². The molecule has 0 bridgehead atoms.